The van der Waals surface area contributed by atoms with Crippen molar-refractivity contribution in [1.82, 2.24) is 14.9 Å². The van der Waals surface area contributed by atoms with E-state index in [1.54, 1.807) is 0 Å². The smallest absolute Gasteiger partial charge is 0.243 e. The van der Waals surface area contributed by atoms with Gasteiger partial charge in [0, 0.05) is 18.7 Å². The molecule has 1 aliphatic rings. The Morgan fingerprint density at radius 1 is 1.39 bits per heavy atom. The molecule has 0 radical (unpaired) electrons. The summed E-state index contributed by atoms with van der Waals surface area (Å²) in [7, 11) is -3.43. The molecule has 0 spiro atoms. The fourth-order valence-corrected chi connectivity index (χ4v) is 3.21. The van der Waals surface area contributed by atoms with Gasteiger partial charge in [-0.2, -0.15) is 5.10 Å². The second-order valence-corrected chi connectivity index (χ2v) is 6.15. The summed E-state index contributed by atoms with van der Waals surface area (Å²) in [6, 6.07) is 8.12. The van der Waals surface area contributed by atoms with Gasteiger partial charge in [0.25, 0.3) is 0 Å². The van der Waals surface area contributed by atoms with E-state index in [0.717, 1.165) is 6.42 Å². The largest absolute Gasteiger partial charge is 0.284 e. The molecule has 2 aromatic rings. The summed E-state index contributed by atoms with van der Waals surface area (Å²) in [6.45, 7) is 0.435. The van der Waals surface area contributed by atoms with Crippen LogP contribution >= 0.6 is 0 Å². The fraction of sp³-hybridized carbons (Fsp3) is 0.250. The van der Waals surface area contributed by atoms with Gasteiger partial charge in [-0.1, -0.05) is 24.3 Å². The van der Waals surface area contributed by atoms with Gasteiger partial charge in [0.2, 0.25) is 10.0 Å². The van der Waals surface area contributed by atoms with Gasteiger partial charge in [-0.15, -0.1) is 0 Å². The lowest BCUT2D eigenvalue weighted by atomic mass is 9.78. The van der Waals surface area contributed by atoms with Crippen LogP contribution in [0.25, 0.3) is 0 Å². The number of sulfonamides is 1. The number of H-pyrrole nitrogens is 1. The summed E-state index contributed by atoms with van der Waals surface area (Å²) >= 11 is 0. The maximum absolute atomic E-state index is 11.9. The van der Waals surface area contributed by atoms with Crippen LogP contribution in [0.4, 0.5) is 0 Å². The van der Waals surface area contributed by atoms with Crippen LogP contribution in [-0.4, -0.2) is 25.2 Å². The molecular weight excluding hydrogens is 250 g/mol. The number of nitrogens with one attached hydrogen (secondary N) is 2. The van der Waals surface area contributed by atoms with E-state index in [1.807, 2.05) is 12.1 Å². The molecule has 0 aliphatic heterocycles. The molecule has 1 aliphatic carbocycles. The van der Waals surface area contributed by atoms with Crippen LogP contribution in [0, 0.1) is 0 Å². The Morgan fingerprint density at radius 3 is 2.94 bits per heavy atom. The molecule has 0 bridgehead atoms. The number of hydrogen-bond donors (Lipinski definition) is 2. The van der Waals surface area contributed by atoms with Crippen molar-refractivity contribution in [2.24, 2.45) is 0 Å². The van der Waals surface area contributed by atoms with Gasteiger partial charge < -0.3 is 0 Å². The molecule has 5 nitrogen and oxygen atoms in total. The maximum atomic E-state index is 11.9. The van der Waals surface area contributed by atoms with Gasteiger partial charge in [0.05, 0.1) is 6.20 Å². The minimum Gasteiger partial charge on any atom is -0.284 e. The maximum Gasteiger partial charge on any atom is 0.243 e. The Labute approximate surface area is 105 Å². The van der Waals surface area contributed by atoms with Gasteiger partial charge in [0.1, 0.15) is 4.90 Å². The predicted molar refractivity (Wildman–Crippen MR) is 66.7 cm³/mol. The first-order chi connectivity index (χ1) is 8.67. The van der Waals surface area contributed by atoms with Crippen molar-refractivity contribution in [3.05, 3.63) is 47.8 Å². The Hall–Kier alpha value is -1.66. The molecule has 1 unspecified atom stereocenters. The quantitative estimate of drug-likeness (QED) is 0.865. The zero-order valence-corrected chi connectivity index (χ0v) is 10.4. The second kappa shape index (κ2) is 4.22. The molecule has 6 heteroatoms. The van der Waals surface area contributed by atoms with E-state index in [0.29, 0.717) is 6.54 Å². The first-order valence-electron chi connectivity index (χ1n) is 5.73. The fourth-order valence-electron chi connectivity index (χ4n) is 2.22. The highest BCUT2D eigenvalue weighted by Crippen LogP contribution is 2.34. The van der Waals surface area contributed by atoms with Crippen molar-refractivity contribution < 1.29 is 8.42 Å². The lowest BCUT2D eigenvalue weighted by Gasteiger charge is -2.29. The number of benzene rings is 1. The van der Waals surface area contributed by atoms with E-state index in [4.69, 9.17) is 0 Å². The zero-order chi connectivity index (χ0) is 12.6. The summed E-state index contributed by atoms with van der Waals surface area (Å²) in [6.07, 6.45) is 3.61. The SMILES string of the molecule is O=S(=O)(NCC1Cc2ccccc21)c1cn[nH]c1. The lowest BCUT2D eigenvalue weighted by Crippen LogP contribution is -2.33. The minimum absolute atomic E-state index is 0.176. The molecule has 2 N–H and O–H groups in total. The number of aromatic amines is 1. The molecule has 1 aromatic heterocycles. The Morgan fingerprint density at radius 2 is 2.22 bits per heavy atom. The van der Waals surface area contributed by atoms with Crippen LogP contribution in [0.2, 0.25) is 0 Å². The van der Waals surface area contributed by atoms with Crippen molar-refractivity contribution in [3.63, 3.8) is 0 Å². The van der Waals surface area contributed by atoms with E-state index in [2.05, 4.69) is 27.1 Å². The number of hydrogen-bond acceptors (Lipinski definition) is 3. The van der Waals surface area contributed by atoms with Crippen LogP contribution < -0.4 is 4.72 Å². The first kappa shape index (κ1) is 11.4. The number of fused-ring (bicyclic) bond motifs is 1. The standard InChI is InChI=1S/C12H13N3O2S/c16-18(17,11-7-13-14-8-11)15-6-10-5-9-3-1-2-4-12(9)10/h1-4,7-8,10,15H,5-6H2,(H,13,14). The second-order valence-electron chi connectivity index (χ2n) is 4.39. The molecule has 0 amide bonds. The van der Waals surface area contributed by atoms with Gasteiger partial charge in [-0.05, 0) is 17.5 Å². The first-order valence-corrected chi connectivity index (χ1v) is 7.21. The van der Waals surface area contributed by atoms with Crippen molar-refractivity contribution in [1.29, 1.82) is 0 Å². The molecule has 94 valence electrons. The zero-order valence-electron chi connectivity index (χ0n) is 9.63. The van der Waals surface area contributed by atoms with E-state index < -0.39 is 10.0 Å². The van der Waals surface area contributed by atoms with Gasteiger partial charge in [-0.25, -0.2) is 13.1 Å². The van der Waals surface area contributed by atoms with E-state index in [-0.39, 0.29) is 10.8 Å². The highest BCUT2D eigenvalue weighted by Gasteiger charge is 2.27. The normalized spacial score (nSPS) is 18.1. The molecule has 0 saturated carbocycles. The molecular formula is C12H13N3O2S. The van der Waals surface area contributed by atoms with Crippen LogP contribution in [0.15, 0.2) is 41.6 Å². The third kappa shape index (κ3) is 1.93. The predicted octanol–water partition coefficient (Wildman–Crippen LogP) is 1.03. The summed E-state index contributed by atoms with van der Waals surface area (Å²) < 4.78 is 26.4. The summed E-state index contributed by atoms with van der Waals surface area (Å²) in [5.41, 5.74) is 2.55. The minimum atomic E-state index is -3.43. The van der Waals surface area contributed by atoms with Gasteiger partial charge >= 0.3 is 0 Å². The van der Waals surface area contributed by atoms with Crippen molar-refractivity contribution in [3.8, 4) is 0 Å². The summed E-state index contributed by atoms with van der Waals surface area (Å²) in [5.74, 6) is 0.280. The average Bonchev–Trinajstić information content (AvgIpc) is 2.84. The Bertz CT molecular complexity index is 650. The Kier molecular flexibility index (Phi) is 2.68. The van der Waals surface area contributed by atoms with Crippen LogP contribution in [-0.2, 0) is 16.4 Å². The molecule has 3 rings (SSSR count). The average molecular weight is 263 g/mol. The van der Waals surface area contributed by atoms with Gasteiger partial charge in [0.15, 0.2) is 0 Å². The van der Waals surface area contributed by atoms with Crippen LogP contribution in [0.1, 0.15) is 17.0 Å². The molecule has 1 aromatic carbocycles. The van der Waals surface area contributed by atoms with E-state index >= 15 is 0 Å². The molecule has 0 saturated heterocycles. The van der Waals surface area contributed by atoms with E-state index in [9.17, 15) is 8.42 Å². The van der Waals surface area contributed by atoms with E-state index in [1.165, 1.54) is 23.5 Å². The van der Waals surface area contributed by atoms with Crippen LogP contribution in [0.3, 0.4) is 0 Å². The monoisotopic (exact) mass is 263 g/mol. The molecule has 1 atom stereocenters. The Balaban J connectivity index is 1.68. The number of nitrogens with zero attached hydrogens (tertiary/aromatic N) is 1. The number of aromatic nitrogens is 2. The highest BCUT2D eigenvalue weighted by molar-refractivity contribution is 7.89. The lowest BCUT2D eigenvalue weighted by molar-refractivity contribution is 0.552. The summed E-state index contributed by atoms with van der Waals surface area (Å²) in [5, 5.41) is 6.14. The van der Waals surface area contributed by atoms with Crippen molar-refractivity contribution in [2.45, 2.75) is 17.2 Å². The molecule has 0 fully saturated rings. The van der Waals surface area contributed by atoms with Crippen molar-refractivity contribution in [2.75, 3.05) is 6.54 Å². The third-order valence-electron chi connectivity index (χ3n) is 3.26. The molecule has 1 heterocycles. The van der Waals surface area contributed by atoms with Crippen LogP contribution in [0.5, 0.6) is 0 Å². The number of rotatable bonds is 4. The molecule has 18 heavy (non-hydrogen) atoms. The van der Waals surface area contributed by atoms with Crippen molar-refractivity contribution >= 4 is 10.0 Å². The topological polar surface area (TPSA) is 74.8 Å². The highest BCUT2D eigenvalue weighted by atomic mass is 32.2. The van der Waals surface area contributed by atoms with Gasteiger partial charge in [-0.3, -0.25) is 5.10 Å². The summed E-state index contributed by atoms with van der Waals surface area (Å²) in [4.78, 5) is 0.176. The third-order valence-corrected chi connectivity index (χ3v) is 4.65.